The van der Waals surface area contributed by atoms with Crippen molar-refractivity contribution in [2.24, 2.45) is 5.73 Å². The highest BCUT2D eigenvalue weighted by atomic mass is 16.4. The number of nitrogens with two attached hydrogens (primary N) is 1. The van der Waals surface area contributed by atoms with Crippen molar-refractivity contribution < 1.29 is 34.2 Å². The lowest BCUT2D eigenvalue weighted by Gasteiger charge is -2.28. The number of nitrogens with one attached hydrogen (secondary N) is 3. The van der Waals surface area contributed by atoms with E-state index in [4.69, 9.17) is 10.8 Å². The Morgan fingerprint density at radius 2 is 1.90 bits per heavy atom. The number of nitrogens with zero attached hydrogens (tertiary/aromatic N) is 2. The maximum atomic E-state index is 13.1. The topological polar surface area (TPSA) is 208 Å². The quantitative estimate of drug-likeness (QED) is 0.234. The number of carbonyl (C=O) groups excluding carboxylic acids is 3. The van der Waals surface area contributed by atoms with Crippen LogP contribution in [0.15, 0.2) is 12.5 Å². The van der Waals surface area contributed by atoms with Crippen molar-refractivity contribution in [2.45, 2.75) is 56.8 Å². The molecule has 0 aliphatic carbocycles. The molecule has 2 heterocycles. The molecule has 13 heteroatoms. The summed E-state index contributed by atoms with van der Waals surface area (Å²) in [5.41, 5.74) is 5.96. The fourth-order valence-electron chi connectivity index (χ4n) is 3.26. The van der Waals surface area contributed by atoms with Crippen LogP contribution < -0.4 is 16.4 Å². The number of likely N-dealkylation sites (tertiary alicyclic amines) is 1. The Hall–Kier alpha value is -3.48. The number of rotatable bonds is 10. The van der Waals surface area contributed by atoms with Gasteiger partial charge >= 0.3 is 11.9 Å². The van der Waals surface area contributed by atoms with E-state index in [1.54, 1.807) is 0 Å². The van der Waals surface area contributed by atoms with E-state index in [1.165, 1.54) is 24.3 Å². The van der Waals surface area contributed by atoms with Gasteiger partial charge in [0.2, 0.25) is 17.7 Å². The number of imidazole rings is 1. The Balaban J connectivity index is 2.22. The zero-order valence-electron chi connectivity index (χ0n) is 16.9. The summed E-state index contributed by atoms with van der Waals surface area (Å²) in [4.78, 5) is 68.2. The number of H-pyrrole nitrogens is 1. The standard InChI is InChI=1S/C18H26N6O7/c1-9(19)15(27)22-11(6-14(25)26)16(28)23-12(5-10-7-20-8-21-10)17(29)24-4-2-3-13(24)18(30)31/h7-9,11-13H,2-6,19H2,1H3,(H,20,21)(H,22,27)(H,23,28)(H,25,26)(H,30,31). The Labute approximate surface area is 177 Å². The molecule has 1 saturated heterocycles. The molecule has 0 saturated carbocycles. The van der Waals surface area contributed by atoms with Crippen LogP contribution in [0.1, 0.15) is 31.9 Å². The van der Waals surface area contributed by atoms with Crippen molar-refractivity contribution in [1.82, 2.24) is 25.5 Å². The molecular weight excluding hydrogens is 412 g/mol. The van der Waals surface area contributed by atoms with Gasteiger partial charge < -0.3 is 36.5 Å². The van der Waals surface area contributed by atoms with Gasteiger partial charge in [0, 0.05) is 24.9 Å². The lowest BCUT2D eigenvalue weighted by Crippen LogP contribution is -2.57. The van der Waals surface area contributed by atoms with E-state index in [-0.39, 0.29) is 19.4 Å². The molecule has 2 rings (SSSR count). The molecule has 0 radical (unpaired) electrons. The Kier molecular flexibility index (Phi) is 8.07. The van der Waals surface area contributed by atoms with E-state index in [0.717, 1.165) is 0 Å². The normalized spacial score (nSPS) is 18.6. The lowest BCUT2D eigenvalue weighted by molar-refractivity contribution is -0.149. The molecule has 1 aliphatic heterocycles. The third-order valence-corrected chi connectivity index (χ3v) is 4.84. The van der Waals surface area contributed by atoms with Crippen molar-refractivity contribution in [1.29, 1.82) is 0 Å². The maximum Gasteiger partial charge on any atom is 0.326 e. The highest BCUT2D eigenvalue weighted by Gasteiger charge is 2.38. The molecule has 170 valence electrons. The third kappa shape index (κ3) is 6.50. The number of hydrogen-bond donors (Lipinski definition) is 6. The number of aliphatic carboxylic acids is 2. The van der Waals surface area contributed by atoms with Gasteiger partial charge in [-0.2, -0.15) is 0 Å². The highest BCUT2D eigenvalue weighted by molar-refractivity contribution is 5.95. The molecule has 31 heavy (non-hydrogen) atoms. The molecule has 7 N–H and O–H groups in total. The van der Waals surface area contributed by atoms with Crippen molar-refractivity contribution in [3.63, 3.8) is 0 Å². The maximum absolute atomic E-state index is 13.1. The molecule has 1 aromatic rings. The predicted octanol–water partition coefficient (Wildman–Crippen LogP) is -2.18. The van der Waals surface area contributed by atoms with Gasteiger partial charge in [0.25, 0.3) is 0 Å². The van der Waals surface area contributed by atoms with Crippen LogP contribution in [0.5, 0.6) is 0 Å². The number of aromatic nitrogens is 2. The van der Waals surface area contributed by atoms with Gasteiger partial charge in [-0.05, 0) is 19.8 Å². The van der Waals surface area contributed by atoms with E-state index >= 15 is 0 Å². The minimum absolute atomic E-state index is 0.0333. The summed E-state index contributed by atoms with van der Waals surface area (Å²) >= 11 is 0. The zero-order valence-corrected chi connectivity index (χ0v) is 16.9. The Morgan fingerprint density at radius 3 is 2.45 bits per heavy atom. The van der Waals surface area contributed by atoms with Gasteiger partial charge in [0.15, 0.2) is 0 Å². The summed E-state index contributed by atoms with van der Waals surface area (Å²) in [5, 5.41) is 23.2. The first kappa shape index (κ1) is 23.8. The summed E-state index contributed by atoms with van der Waals surface area (Å²) in [7, 11) is 0. The van der Waals surface area contributed by atoms with E-state index in [0.29, 0.717) is 12.1 Å². The number of carbonyl (C=O) groups is 5. The van der Waals surface area contributed by atoms with Gasteiger partial charge in [0.1, 0.15) is 18.1 Å². The highest BCUT2D eigenvalue weighted by Crippen LogP contribution is 2.19. The molecule has 13 nitrogen and oxygen atoms in total. The van der Waals surface area contributed by atoms with E-state index in [1.807, 2.05) is 0 Å². The number of hydrogen-bond acceptors (Lipinski definition) is 7. The second-order valence-corrected chi connectivity index (χ2v) is 7.32. The van der Waals surface area contributed by atoms with Crippen molar-refractivity contribution in [3.8, 4) is 0 Å². The fourth-order valence-corrected chi connectivity index (χ4v) is 3.26. The van der Waals surface area contributed by atoms with Crippen LogP contribution in [0.3, 0.4) is 0 Å². The Morgan fingerprint density at radius 1 is 1.23 bits per heavy atom. The second kappa shape index (κ2) is 10.5. The summed E-state index contributed by atoms with van der Waals surface area (Å²) < 4.78 is 0. The molecule has 1 aromatic heterocycles. The third-order valence-electron chi connectivity index (χ3n) is 4.84. The molecule has 0 bridgehead atoms. The van der Waals surface area contributed by atoms with Gasteiger partial charge in [-0.1, -0.05) is 0 Å². The smallest absolute Gasteiger partial charge is 0.326 e. The monoisotopic (exact) mass is 438 g/mol. The van der Waals surface area contributed by atoms with Crippen LogP contribution in [-0.2, 0) is 30.4 Å². The second-order valence-electron chi connectivity index (χ2n) is 7.32. The summed E-state index contributed by atoms with van der Waals surface area (Å²) in [6, 6.07) is -4.66. The van der Waals surface area contributed by atoms with Gasteiger partial charge in [-0.3, -0.25) is 19.2 Å². The molecule has 4 unspecified atom stereocenters. The fraction of sp³-hybridized carbons (Fsp3) is 0.556. The van der Waals surface area contributed by atoms with Crippen molar-refractivity contribution in [3.05, 3.63) is 18.2 Å². The van der Waals surface area contributed by atoms with E-state index in [2.05, 4.69) is 20.6 Å². The zero-order chi connectivity index (χ0) is 23.1. The number of amides is 3. The average Bonchev–Trinajstić information content (AvgIpc) is 3.37. The van der Waals surface area contributed by atoms with Gasteiger partial charge in [0.05, 0.1) is 18.8 Å². The molecular formula is C18H26N6O7. The van der Waals surface area contributed by atoms with Gasteiger partial charge in [-0.15, -0.1) is 0 Å². The van der Waals surface area contributed by atoms with E-state index < -0.39 is 60.2 Å². The summed E-state index contributed by atoms with van der Waals surface area (Å²) in [5.74, 6) is -4.75. The SMILES string of the molecule is CC(N)C(=O)NC(CC(=O)O)C(=O)NC(Cc1cnc[nH]1)C(=O)N1CCCC1C(=O)O. The van der Waals surface area contributed by atoms with Crippen LogP contribution in [0, 0.1) is 0 Å². The average molecular weight is 438 g/mol. The number of carboxylic acids is 2. The summed E-state index contributed by atoms with van der Waals surface area (Å²) in [6.07, 6.45) is 2.85. The molecule has 4 atom stereocenters. The Bertz CT molecular complexity index is 825. The van der Waals surface area contributed by atoms with Crippen LogP contribution in [0.25, 0.3) is 0 Å². The first-order chi connectivity index (χ1) is 14.6. The number of carboxylic acid groups (broad SMARTS) is 2. The predicted molar refractivity (Wildman–Crippen MR) is 104 cm³/mol. The van der Waals surface area contributed by atoms with Gasteiger partial charge in [-0.25, -0.2) is 9.78 Å². The minimum Gasteiger partial charge on any atom is -0.481 e. The van der Waals surface area contributed by atoms with Crippen molar-refractivity contribution >= 4 is 29.7 Å². The lowest BCUT2D eigenvalue weighted by atomic mass is 10.1. The first-order valence-electron chi connectivity index (χ1n) is 9.68. The molecule has 1 fully saturated rings. The van der Waals surface area contributed by atoms with Crippen LogP contribution >= 0.6 is 0 Å². The largest absolute Gasteiger partial charge is 0.481 e. The summed E-state index contributed by atoms with van der Waals surface area (Å²) in [6.45, 7) is 1.58. The molecule has 3 amide bonds. The van der Waals surface area contributed by atoms with Crippen LogP contribution in [0.4, 0.5) is 0 Å². The van der Waals surface area contributed by atoms with Crippen LogP contribution in [0.2, 0.25) is 0 Å². The van der Waals surface area contributed by atoms with E-state index in [9.17, 15) is 29.1 Å². The van der Waals surface area contributed by atoms with Crippen molar-refractivity contribution in [2.75, 3.05) is 6.54 Å². The minimum atomic E-state index is -1.47. The molecule has 0 spiro atoms. The number of aromatic amines is 1. The first-order valence-corrected chi connectivity index (χ1v) is 9.68. The molecule has 1 aliphatic rings. The molecule has 0 aromatic carbocycles. The van der Waals surface area contributed by atoms with Crippen LogP contribution in [-0.4, -0.2) is 85.5 Å².